The number of carbonyl (C=O) groups excluding carboxylic acids is 1. The number of hydrogen-bond donors (Lipinski definition) is 1. The van der Waals surface area contributed by atoms with Gasteiger partial charge in [-0.2, -0.15) is 0 Å². The molecule has 13 heavy (non-hydrogen) atoms. The summed E-state index contributed by atoms with van der Waals surface area (Å²) in [5.74, 6) is 0.0232. The fraction of sp³-hybridized carbons (Fsp3) is 0.100. The van der Waals surface area contributed by atoms with Gasteiger partial charge in [-0.15, -0.1) is 0 Å². The molecule has 1 saturated heterocycles. The average Bonchev–Trinajstić information content (AvgIpc) is 2.47. The van der Waals surface area contributed by atoms with Gasteiger partial charge >= 0.3 is 5.97 Å². The first-order valence-electron chi connectivity index (χ1n) is 3.99. The summed E-state index contributed by atoms with van der Waals surface area (Å²) in [5.41, 5.74) is 0.895. The fourth-order valence-corrected chi connectivity index (χ4v) is 1.29. The lowest BCUT2D eigenvalue weighted by molar-refractivity contribution is -0.136. The molecule has 3 heteroatoms. The molecule has 2 rings (SSSR count). The van der Waals surface area contributed by atoms with Gasteiger partial charge in [0.05, 0.1) is 0 Å². The third kappa shape index (κ3) is 1.40. The third-order valence-corrected chi connectivity index (χ3v) is 1.90. The number of ether oxygens (including phenoxy) is 1. The Balaban J connectivity index is 2.28. The van der Waals surface area contributed by atoms with E-state index in [1.807, 2.05) is 30.3 Å². The van der Waals surface area contributed by atoms with E-state index in [0.717, 1.165) is 5.56 Å². The van der Waals surface area contributed by atoms with Gasteiger partial charge in [-0.05, 0) is 12.1 Å². The predicted octanol–water partition coefficient (Wildman–Crippen LogP) is 1.35. The van der Waals surface area contributed by atoms with Gasteiger partial charge in [-0.1, -0.05) is 30.3 Å². The summed E-state index contributed by atoms with van der Waals surface area (Å²) in [5, 5.41) is 2.85. The largest absolute Gasteiger partial charge is 0.409 e. The molecule has 1 aromatic carbocycles. The van der Waals surface area contributed by atoms with Crippen LogP contribution in [0.1, 0.15) is 11.6 Å². The summed E-state index contributed by atoms with van der Waals surface area (Å²) in [6.45, 7) is 3.53. The maximum absolute atomic E-state index is 11.2. The lowest BCUT2D eigenvalue weighted by atomic mass is 10.1. The van der Waals surface area contributed by atoms with Crippen LogP contribution in [0.5, 0.6) is 0 Å². The second-order valence-corrected chi connectivity index (χ2v) is 2.83. The molecule has 1 N–H and O–H groups in total. The minimum absolute atomic E-state index is 0.295. The maximum Gasteiger partial charge on any atom is 0.339 e. The van der Waals surface area contributed by atoms with Crippen LogP contribution in [0.25, 0.3) is 0 Å². The summed E-state index contributed by atoms with van der Waals surface area (Å²) in [6, 6.07) is 9.01. The molecule has 1 aliphatic heterocycles. The van der Waals surface area contributed by atoms with E-state index in [1.165, 1.54) is 0 Å². The highest BCUT2D eigenvalue weighted by Crippen LogP contribution is 2.21. The van der Waals surface area contributed by atoms with Gasteiger partial charge < -0.3 is 10.1 Å². The molecule has 1 aromatic rings. The maximum atomic E-state index is 11.2. The Labute approximate surface area is 76.0 Å². The van der Waals surface area contributed by atoms with Gasteiger partial charge in [-0.3, -0.25) is 0 Å². The molecular formula is C10H9NO2. The Bertz CT molecular complexity index is 345. The number of benzene rings is 1. The molecule has 1 unspecified atom stereocenters. The second-order valence-electron chi connectivity index (χ2n) is 2.83. The molecule has 0 saturated carbocycles. The minimum Gasteiger partial charge on any atom is -0.409 e. The van der Waals surface area contributed by atoms with E-state index in [1.54, 1.807) is 0 Å². The smallest absolute Gasteiger partial charge is 0.339 e. The van der Waals surface area contributed by atoms with Crippen LogP contribution < -0.4 is 5.32 Å². The van der Waals surface area contributed by atoms with Gasteiger partial charge in [-0.25, -0.2) is 4.79 Å². The fourth-order valence-electron chi connectivity index (χ4n) is 1.29. The minimum atomic E-state index is -0.395. The van der Waals surface area contributed by atoms with Crippen LogP contribution in [0.3, 0.4) is 0 Å². The summed E-state index contributed by atoms with van der Waals surface area (Å²) < 4.78 is 4.78. The summed E-state index contributed by atoms with van der Waals surface area (Å²) in [4.78, 5) is 11.2. The Hall–Kier alpha value is -1.77. The van der Waals surface area contributed by atoms with Crippen molar-refractivity contribution in [3.63, 3.8) is 0 Å². The highest BCUT2D eigenvalue weighted by Gasteiger charge is 2.29. The first kappa shape index (κ1) is 7.86. The molecule has 1 fully saturated rings. The molecule has 1 aliphatic rings. The number of cyclic esters (lactones) is 1. The Morgan fingerprint density at radius 2 is 2.00 bits per heavy atom. The molecule has 0 amide bonds. The molecule has 0 aromatic heterocycles. The molecule has 3 nitrogen and oxygen atoms in total. The van der Waals surface area contributed by atoms with E-state index in [0.29, 0.717) is 5.88 Å². The molecule has 0 aliphatic carbocycles. The zero-order chi connectivity index (χ0) is 9.26. The van der Waals surface area contributed by atoms with Crippen molar-refractivity contribution < 1.29 is 9.53 Å². The van der Waals surface area contributed by atoms with Crippen molar-refractivity contribution in [2.24, 2.45) is 0 Å². The van der Waals surface area contributed by atoms with E-state index in [2.05, 4.69) is 11.9 Å². The van der Waals surface area contributed by atoms with Crippen LogP contribution in [0.2, 0.25) is 0 Å². The van der Waals surface area contributed by atoms with Gasteiger partial charge in [0.1, 0.15) is 0 Å². The van der Waals surface area contributed by atoms with Crippen molar-refractivity contribution in [1.29, 1.82) is 0 Å². The van der Waals surface area contributed by atoms with Crippen molar-refractivity contribution >= 4 is 5.97 Å². The highest BCUT2D eigenvalue weighted by atomic mass is 16.6. The zero-order valence-electron chi connectivity index (χ0n) is 6.99. The topological polar surface area (TPSA) is 38.3 Å². The van der Waals surface area contributed by atoms with E-state index < -0.39 is 6.04 Å². The van der Waals surface area contributed by atoms with Crippen molar-refractivity contribution in [3.05, 3.63) is 48.4 Å². The normalized spacial score (nSPS) is 21.1. The first-order chi connectivity index (χ1) is 6.27. The first-order valence-corrected chi connectivity index (χ1v) is 3.99. The summed E-state index contributed by atoms with van der Waals surface area (Å²) >= 11 is 0. The Morgan fingerprint density at radius 1 is 1.31 bits per heavy atom. The molecular weight excluding hydrogens is 166 g/mol. The number of esters is 1. The van der Waals surface area contributed by atoms with E-state index >= 15 is 0 Å². The molecule has 1 atom stereocenters. The summed E-state index contributed by atoms with van der Waals surface area (Å²) in [7, 11) is 0. The zero-order valence-corrected chi connectivity index (χ0v) is 6.99. The number of hydrogen-bond acceptors (Lipinski definition) is 3. The van der Waals surface area contributed by atoms with Crippen LogP contribution in [0, 0.1) is 0 Å². The lowest BCUT2D eigenvalue weighted by Gasteiger charge is -2.04. The van der Waals surface area contributed by atoms with E-state index in [9.17, 15) is 4.79 Å². The van der Waals surface area contributed by atoms with Crippen LogP contribution in [-0.2, 0) is 9.53 Å². The van der Waals surface area contributed by atoms with Crippen LogP contribution in [-0.4, -0.2) is 5.97 Å². The Morgan fingerprint density at radius 3 is 2.54 bits per heavy atom. The predicted molar refractivity (Wildman–Crippen MR) is 47.6 cm³/mol. The van der Waals surface area contributed by atoms with E-state index in [4.69, 9.17) is 4.74 Å². The van der Waals surface area contributed by atoms with Crippen LogP contribution in [0.4, 0.5) is 0 Å². The molecule has 0 bridgehead atoms. The molecule has 66 valence electrons. The monoisotopic (exact) mass is 175 g/mol. The van der Waals surface area contributed by atoms with Gasteiger partial charge in [0.2, 0.25) is 0 Å². The van der Waals surface area contributed by atoms with Gasteiger partial charge in [0.15, 0.2) is 11.9 Å². The lowest BCUT2D eigenvalue weighted by Crippen LogP contribution is -2.16. The van der Waals surface area contributed by atoms with E-state index in [-0.39, 0.29) is 5.97 Å². The molecule has 0 spiro atoms. The van der Waals surface area contributed by atoms with Crippen LogP contribution >= 0.6 is 0 Å². The number of rotatable bonds is 1. The van der Waals surface area contributed by atoms with Crippen molar-refractivity contribution in [2.75, 3.05) is 0 Å². The van der Waals surface area contributed by atoms with Gasteiger partial charge in [0.25, 0.3) is 0 Å². The molecule has 0 radical (unpaired) electrons. The quantitative estimate of drug-likeness (QED) is 0.654. The van der Waals surface area contributed by atoms with Crippen molar-refractivity contribution in [2.45, 2.75) is 6.04 Å². The standard InChI is InChI=1S/C10H9NO2/c1-7-11-9(10(12)13-7)8-5-3-2-4-6-8/h2-6,9,11H,1H2. The molecule has 1 heterocycles. The second kappa shape index (κ2) is 2.94. The van der Waals surface area contributed by atoms with Crippen molar-refractivity contribution in [1.82, 2.24) is 5.32 Å². The highest BCUT2D eigenvalue weighted by molar-refractivity contribution is 5.81. The Kier molecular flexibility index (Phi) is 1.77. The van der Waals surface area contributed by atoms with Gasteiger partial charge in [0, 0.05) is 0 Å². The van der Waals surface area contributed by atoms with Crippen molar-refractivity contribution in [3.8, 4) is 0 Å². The van der Waals surface area contributed by atoms with Crippen LogP contribution in [0.15, 0.2) is 42.8 Å². The number of nitrogens with one attached hydrogen (secondary N) is 1. The third-order valence-electron chi connectivity index (χ3n) is 1.90. The number of carbonyl (C=O) groups is 1. The summed E-state index contributed by atoms with van der Waals surface area (Å²) in [6.07, 6.45) is 0. The SMILES string of the molecule is C=C1NC(c2ccccc2)C(=O)O1. The average molecular weight is 175 g/mol.